The standard InChI is InChI=1S/C22H26FN5O/c1-14(2)19-11-20(27(3)26-19)22(29)28-10-4-5-16(13-28)21-18(12-24-25-21)15-6-8-17(23)9-7-15/h6-9,11-12,14,16H,4-5,10,13H2,1-3H3,(H,24,25)/t16-/m1/s1. The van der Waals surface area contributed by atoms with Crippen LogP contribution in [0.5, 0.6) is 0 Å². The van der Waals surface area contributed by atoms with E-state index in [-0.39, 0.29) is 23.6 Å². The predicted molar refractivity (Wildman–Crippen MR) is 109 cm³/mol. The molecule has 0 unspecified atom stereocenters. The third kappa shape index (κ3) is 3.81. The number of nitrogens with one attached hydrogen (secondary N) is 1. The van der Waals surface area contributed by atoms with Crippen molar-refractivity contribution in [3.05, 3.63) is 59.4 Å². The Kier molecular flexibility index (Phi) is 5.22. The number of carbonyl (C=O) groups excluding carboxylic acids is 1. The van der Waals surface area contributed by atoms with Gasteiger partial charge in [-0.1, -0.05) is 26.0 Å². The van der Waals surface area contributed by atoms with Crippen LogP contribution >= 0.6 is 0 Å². The first-order chi connectivity index (χ1) is 13.9. The third-order valence-electron chi connectivity index (χ3n) is 5.65. The molecule has 0 radical (unpaired) electrons. The van der Waals surface area contributed by atoms with E-state index in [1.54, 1.807) is 23.0 Å². The van der Waals surface area contributed by atoms with Crippen molar-refractivity contribution in [2.24, 2.45) is 7.05 Å². The van der Waals surface area contributed by atoms with Gasteiger partial charge in [0.2, 0.25) is 0 Å². The molecular formula is C22H26FN5O. The molecule has 6 nitrogen and oxygen atoms in total. The third-order valence-corrected chi connectivity index (χ3v) is 5.65. The number of aromatic amines is 1. The summed E-state index contributed by atoms with van der Waals surface area (Å²) in [6, 6.07) is 8.34. The zero-order valence-electron chi connectivity index (χ0n) is 17.0. The molecule has 1 amide bonds. The van der Waals surface area contributed by atoms with Crippen molar-refractivity contribution in [1.29, 1.82) is 0 Å². The molecule has 2 aromatic heterocycles. The minimum atomic E-state index is -0.259. The summed E-state index contributed by atoms with van der Waals surface area (Å²) in [5.74, 6) is 0.192. The van der Waals surface area contributed by atoms with Gasteiger partial charge in [0.05, 0.1) is 11.9 Å². The van der Waals surface area contributed by atoms with E-state index in [9.17, 15) is 9.18 Å². The van der Waals surface area contributed by atoms with Crippen LogP contribution in [0.2, 0.25) is 0 Å². The summed E-state index contributed by atoms with van der Waals surface area (Å²) in [5, 5.41) is 11.8. The number of aromatic nitrogens is 4. The summed E-state index contributed by atoms with van der Waals surface area (Å²) < 4.78 is 15.0. The summed E-state index contributed by atoms with van der Waals surface area (Å²) >= 11 is 0. The van der Waals surface area contributed by atoms with Gasteiger partial charge < -0.3 is 4.90 Å². The van der Waals surface area contributed by atoms with E-state index in [0.717, 1.165) is 41.9 Å². The van der Waals surface area contributed by atoms with Gasteiger partial charge in [-0.15, -0.1) is 0 Å². The second kappa shape index (κ2) is 7.81. The Morgan fingerprint density at radius 2 is 2.03 bits per heavy atom. The van der Waals surface area contributed by atoms with E-state index in [2.05, 4.69) is 29.1 Å². The molecule has 0 aliphatic carbocycles. The fraction of sp³-hybridized carbons (Fsp3) is 0.409. The summed E-state index contributed by atoms with van der Waals surface area (Å²) in [5.41, 5.74) is 4.44. The number of piperidine rings is 1. The molecule has 1 aromatic carbocycles. The molecule has 4 rings (SSSR count). The van der Waals surface area contributed by atoms with Gasteiger partial charge in [-0.2, -0.15) is 10.2 Å². The number of halogens is 1. The van der Waals surface area contributed by atoms with Crippen LogP contribution < -0.4 is 0 Å². The fourth-order valence-electron chi connectivity index (χ4n) is 4.00. The van der Waals surface area contributed by atoms with Crippen molar-refractivity contribution < 1.29 is 9.18 Å². The second-order valence-corrected chi connectivity index (χ2v) is 8.03. The lowest BCUT2D eigenvalue weighted by Crippen LogP contribution is -2.40. The maximum atomic E-state index is 13.3. The maximum Gasteiger partial charge on any atom is 0.272 e. The van der Waals surface area contributed by atoms with E-state index in [4.69, 9.17) is 0 Å². The predicted octanol–water partition coefficient (Wildman–Crippen LogP) is 4.09. The molecule has 0 spiro atoms. The molecule has 1 saturated heterocycles. The number of carbonyl (C=O) groups is 1. The van der Waals surface area contributed by atoms with Gasteiger partial charge in [0.1, 0.15) is 11.5 Å². The number of nitrogens with zero attached hydrogens (tertiary/aromatic N) is 4. The minimum absolute atomic E-state index is 0.0134. The van der Waals surface area contributed by atoms with E-state index >= 15 is 0 Å². The monoisotopic (exact) mass is 395 g/mol. The molecule has 29 heavy (non-hydrogen) atoms. The number of benzene rings is 1. The zero-order valence-corrected chi connectivity index (χ0v) is 17.0. The first kappa shape index (κ1) is 19.4. The average Bonchev–Trinajstić information content (AvgIpc) is 3.35. The molecule has 1 N–H and O–H groups in total. The molecule has 0 saturated carbocycles. The van der Waals surface area contributed by atoms with E-state index < -0.39 is 0 Å². The van der Waals surface area contributed by atoms with Crippen LogP contribution in [0.25, 0.3) is 11.1 Å². The van der Waals surface area contributed by atoms with Gasteiger partial charge in [-0.05, 0) is 42.5 Å². The Morgan fingerprint density at radius 3 is 2.72 bits per heavy atom. The van der Waals surface area contributed by atoms with Crippen LogP contribution in [0.15, 0.2) is 36.5 Å². The van der Waals surface area contributed by atoms with Gasteiger partial charge in [0.15, 0.2) is 0 Å². The summed E-state index contributed by atoms with van der Waals surface area (Å²) in [7, 11) is 1.82. The molecule has 1 fully saturated rings. The highest BCUT2D eigenvalue weighted by molar-refractivity contribution is 5.93. The number of H-pyrrole nitrogens is 1. The van der Waals surface area contributed by atoms with Gasteiger partial charge in [0.25, 0.3) is 5.91 Å². The number of amides is 1. The summed E-state index contributed by atoms with van der Waals surface area (Å²) in [6.45, 7) is 5.50. The largest absolute Gasteiger partial charge is 0.337 e. The highest BCUT2D eigenvalue weighted by atomic mass is 19.1. The van der Waals surface area contributed by atoms with Crippen molar-refractivity contribution in [1.82, 2.24) is 24.9 Å². The first-order valence-electron chi connectivity index (χ1n) is 10.1. The Morgan fingerprint density at radius 1 is 1.28 bits per heavy atom. The molecule has 152 valence electrons. The SMILES string of the molecule is CC(C)c1cc(C(=O)N2CCC[C@@H](c3[nH]ncc3-c3ccc(F)cc3)C2)n(C)n1. The molecule has 7 heteroatoms. The van der Waals surface area contributed by atoms with Crippen LogP contribution in [0.4, 0.5) is 4.39 Å². The first-order valence-corrected chi connectivity index (χ1v) is 10.1. The molecule has 1 aliphatic rings. The number of rotatable bonds is 4. The minimum Gasteiger partial charge on any atom is -0.337 e. The number of likely N-dealkylation sites (tertiary alicyclic amines) is 1. The lowest BCUT2D eigenvalue weighted by atomic mass is 9.90. The Bertz CT molecular complexity index is 1000. The van der Waals surface area contributed by atoms with Crippen LogP contribution in [0.1, 0.15) is 60.4 Å². The van der Waals surface area contributed by atoms with Crippen molar-refractivity contribution in [2.75, 3.05) is 13.1 Å². The van der Waals surface area contributed by atoms with Crippen molar-refractivity contribution in [3.63, 3.8) is 0 Å². The highest BCUT2D eigenvalue weighted by Crippen LogP contribution is 2.33. The Labute approximate surface area is 169 Å². The van der Waals surface area contributed by atoms with Crippen molar-refractivity contribution in [2.45, 2.75) is 38.5 Å². The molecular weight excluding hydrogens is 369 g/mol. The topological polar surface area (TPSA) is 66.8 Å². The van der Waals surface area contributed by atoms with Gasteiger partial charge in [-0.3, -0.25) is 14.6 Å². The zero-order chi connectivity index (χ0) is 20.5. The molecule has 0 bridgehead atoms. The average molecular weight is 395 g/mol. The van der Waals surface area contributed by atoms with Gasteiger partial charge >= 0.3 is 0 Å². The summed E-state index contributed by atoms with van der Waals surface area (Å²) in [6.07, 6.45) is 3.68. The molecule has 3 heterocycles. The molecule has 3 aromatic rings. The maximum absolute atomic E-state index is 13.3. The highest BCUT2D eigenvalue weighted by Gasteiger charge is 2.29. The van der Waals surface area contributed by atoms with E-state index in [1.165, 1.54) is 12.1 Å². The molecule has 1 aliphatic heterocycles. The van der Waals surface area contributed by atoms with E-state index in [1.807, 2.05) is 18.0 Å². The number of hydrogen-bond donors (Lipinski definition) is 1. The number of aryl methyl sites for hydroxylation is 1. The normalized spacial score (nSPS) is 17.1. The van der Waals surface area contributed by atoms with Gasteiger partial charge in [0, 0.05) is 37.3 Å². The van der Waals surface area contributed by atoms with Crippen LogP contribution in [-0.2, 0) is 7.05 Å². The van der Waals surface area contributed by atoms with Crippen LogP contribution in [0.3, 0.4) is 0 Å². The quantitative estimate of drug-likeness (QED) is 0.723. The van der Waals surface area contributed by atoms with Crippen LogP contribution in [0, 0.1) is 5.82 Å². The number of hydrogen-bond acceptors (Lipinski definition) is 3. The smallest absolute Gasteiger partial charge is 0.272 e. The van der Waals surface area contributed by atoms with Crippen LogP contribution in [-0.4, -0.2) is 43.9 Å². The lowest BCUT2D eigenvalue weighted by molar-refractivity contribution is 0.0695. The molecule has 1 atom stereocenters. The Hall–Kier alpha value is -2.96. The van der Waals surface area contributed by atoms with Gasteiger partial charge in [-0.25, -0.2) is 4.39 Å². The summed E-state index contributed by atoms with van der Waals surface area (Å²) in [4.78, 5) is 15.1. The van der Waals surface area contributed by atoms with Crippen molar-refractivity contribution in [3.8, 4) is 11.1 Å². The Balaban J connectivity index is 1.56. The second-order valence-electron chi connectivity index (χ2n) is 8.03. The van der Waals surface area contributed by atoms with Crippen molar-refractivity contribution >= 4 is 5.91 Å². The lowest BCUT2D eigenvalue weighted by Gasteiger charge is -2.32. The van der Waals surface area contributed by atoms with E-state index in [0.29, 0.717) is 12.2 Å². The fourth-order valence-corrected chi connectivity index (χ4v) is 4.00.